The van der Waals surface area contributed by atoms with E-state index in [1.807, 2.05) is 7.05 Å². The number of anilines is 1. The number of Topliss-reactive ketones (excluding diaryl/α,β-unsaturated/α-hetero) is 2. The number of fused-ring (bicyclic) bond motifs is 14. The predicted molar refractivity (Wildman–Crippen MR) is 221 cm³/mol. The molecule has 326 valence electrons. The fraction of sp³-hybridized carbons (Fsp3) is 0.512. The molecule has 6 rings (SSSR count). The smallest absolute Gasteiger partial charge is 0.312 e. The van der Waals surface area contributed by atoms with E-state index in [-0.39, 0.29) is 44.5 Å². The van der Waals surface area contributed by atoms with Crippen LogP contribution in [0.3, 0.4) is 0 Å². The van der Waals surface area contributed by atoms with Gasteiger partial charge in [0.2, 0.25) is 0 Å². The number of ketones is 2. The quantitative estimate of drug-likeness (QED) is 0.112. The lowest BCUT2D eigenvalue weighted by atomic mass is 9.78. The summed E-state index contributed by atoms with van der Waals surface area (Å²) in [5.74, 6) is -9.78. The number of phenolic OH excluding ortho intramolecular Hbond substituents is 3. The molecule has 2 aromatic carbocycles. The summed E-state index contributed by atoms with van der Waals surface area (Å²) in [5, 5.41) is 66.5. The molecule has 60 heavy (non-hydrogen) atoms. The summed E-state index contributed by atoms with van der Waals surface area (Å²) >= 11 is 0. The molecule has 1 unspecified atom stereocenters. The molecular weight excluding hydrogens is 780 g/mol. The standard InChI is InChI=1S/C43H56N4O13/c1-21-12-11-14-42(7,56)39(53)25(5)33(49)23(3)37(59-26(6)48)22(2)28(57-10)13-19-58-43(8)40(54)31-29-30(34(50)24(4)38(31)60-43)36(52)32(45-41(21)55)27(35(29)51)20-44-47-17-15-46(9)16-18-47/h11-14,19-20,22-23,25,28,33,37,49-52,56H,15-18H2,1-10H3,(H,45,55)/b14-11+,19-13+,21-12-,44-20+/t22-,23-,25+,28+,33+,37-,42?,43+/m1/s1. The first-order chi connectivity index (χ1) is 28.1. The molecule has 0 saturated carbocycles. The number of aromatic hydroxyl groups is 3. The van der Waals surface area contributed by atoms with Crippen LogP contribution in [0.4, 0.5) is 5.69 Å². The lowest BCUT2D eigenvalue weighted by molar-refractivity contribution is -0.160. The number of nitrogens with zero attached hydrogens (tertiary/aromatic N) is 3. The topological polar surface area (TPSA) is 237 Å². The molecule has 8 atom stereocenters. The molecule has 1 amide bonds. The number of amides is 1. The average molecular weight is 837 g/mol. The third kappa shape index (κ3) is 8.71. The minimum Gasteiger partial charge on any atom is -0.507 e. The van der Waals surface area contributed by atoms with Gasteiger partial charge in [-0.05, 0) is 40.0 Å². The number of esters is 1. The minimum atomic E-state index is -2.13. The van der Waals surface area contributed by atoms with Gasteiger partial charge in [0.1, 0.15) is 29.0 Å². The van der Waals surface area contributed by atoms with Gasteiger partial charge in [-0.25, -0.2) is 0 Å². The van der Waals surface area contributed by atoms with E-state index in [4.69, 9.17) is 18.9 Å². The van der Waals surface area contributed by atoms with E-state index in [9.17, 15) is 44.7 Å². The molecule has 0 radical (unpaired) electrons. The first-order valence-electron chi connectivity index (χ1n) is 19.7. The Morgan fingerprint density at radius 2 is 1.65 bits per heavy atom. The average Bonchev–Trinajstić information content (AvgIpc) is 3.46. The molecule has 1 saturated heterocycles. The van der Waals surface area contributed by atoms with Crippen LogP contribution in [0.5, 0.6) is 23.0 Å². The van der Waals surface area contributed by atoms with Gasteiger partial charge >= 0.3 is 11.8 Å². The van der Waals surface area contributed by atoms with Crippen LogP contribution in [0.2, 0.25) is 0 Å². The lowest BCUT2D eigenvalue weighted by Gasteiger charge is -2.37. The number of hydrazone groups is 1. The second kappa shape index (κ2) is 17.6. The molecular formula is C43H56N4O13. The van der Waals surface area contributed by atoms with Crippen LogP contribution in [0, 0.1) is 24.7 Å². The van der Waals surface area contributed by atoms with Gasteiger partial charge in [-0.3, -0.25) is 24.2 Å². The summed E-state index contributed by atoms with van der Waals surface area (Å²) in [6.07, 6.45) is 4.25. The van der Waals surface area contributed by atoms with Crippen LogP contribution in [-0.4, -0.2) is 135 Å². The molecule has 5 bridgehead atoms. The van der Waals surface area contributed by atoms with Crippen molar-refractivity contribution in [3.8, 4) is 23.0 Å². The number of aliphatic hydroxyl groups excluding tert-OH is 1. The van der Waals surface area contributed by atoms with Gasteiger partial charge < -0.3 is 54.7 Å². The Balaban J connectivity index is 1.72. The van der Waals surface area contributed by atoms with E-state index in [0.29, 0.717) is 26.2 Å². The third-order valence-electron chi connectivity index (χ3n) is 11.7. The number of phenols is 3. The van der Waals surface area contributed by atoms with Crippen molar-refractivity contribution in [2.75, 3.05) is 45.7 Å². The monoisotopic (exact) mass is 836 g/mol. The van der Waals surface area contributed by atoms with Crippen molar-refractivity contribution in [2.45, 2.75) is 85.1 Å². The summed E-state index contributed by atoms with van der Waals surface area (Å²) < 4.78 is 23.4. The van der Waals surface area contributed by atoms with Crippen molar-refractivity contribution in [1.29, 1.82) is 0 Å². The highest BCUT2D eigenvalue weighted by Crippen LogP contribution is 2.55. The van der Waals surface area contributed by atoms with Crippen molar-refractivity contribution in [2.24, 2.45) is 22.9 Å². The highest BCUT2D eigenvalue weighted by atomic mass is 16.7. The van der Waals surface area contributed by atoms with Crippen molar-refractivity contribution < 1.29 is 63.7 Å². The van der Waals surface area contributed by atoms with E-state index < -0.39 is 88.1 Å². The zero-order chi connectivity index (χ0) is 44.6. The summed E-state index contributed by atoms with van der Waals surface area (Å²) in [7, 11) is 3.36. The fourth-order valence-electron chi connectivity index (χ4n) is 7.81. The number of benzene rings is 2. The predicted octanol–water partition coefficient (Wildman–Crippen LogP) is 3.66. The number of nitrogens with one attached hydrogen (secondary N) is 1. The summed E-state index contributed by atoms with van der Waals surface area (Å²) in [6.45, 7) is 13.8. The van der Waals surface area contributed by atoms with Gasteiger partial charge in [0.25, 0.3) is 11.7 Å². The van der Waals surface area contributed by atoms with Crippen LogP contribution >= 0.6 is 0 Å². The molecule has 0 aromatic heterocycles. The molecule has 1 fully saturated rings. The summed E-state index contributed by atoms with van der Waals surface area (Å²) in [4.78, 5) is 56.2. The summed E-state index contributed by atoms with van der Waals surface area (Å²) in [5.41, 5.74) is -2.81. The van der Waals surface area contributed by atoms with Gasteiger partial charge in [-0.1, -0.05) is 32.9 Å². The number of piperazine rings is 1. The second-order valence-corrected chi connectivity index (χ2v) is 16.2. The Labute approximate surface area is 348 Å². The van der Waals surface area contributed by atoms with Crippen LogP contribution in [0.15, 0.2) is 41.2 Å². The van der Waals surface area contributed by atoms with Crippen LogP contribution in [-0.2, 0) is 28.6 Å². The summed E-state index contributed by atoms with van der Waals surface area (Å²) in [6, 6.07) is 0. The number of rotatable bonds is 4. The lowest BCUT2D eigenvalue weighted by Crippen LogP contribution is -2.48. The highest BCUT2D eigenvalue weighted by molar-refractivity contribution is 6.23. The van der Waals surface area contributed by atoms with Gasteiger partial charge in [-0.15, -0.1) is 0 Å². The highest BCUT2D eigenvalue weighted by Gasteiger charge is 2.50. The van der Waals surface area contributed by atoms with E-state index in [2.05, 4.69) is 15.3 Å². The van der Waals surface area contributed by atoms with E-state index in [1.165, 1.54) is 73.1 Å². The van der Waals surface area contributed by atoms with E-state index >= 15 is 0 Å². The number of methoxy groups -OCH3 is 1. The largest absolute Gasteiger partial charge is 0.507 e. The van der Waals surface area contributed by atoms with Crippen molar-refractivity contribution in [3.63, 3.8) is 0 Å². The number of carbonyl (C=O) groups is 4. The van der Waals surface area contributed by atoms with Crippen molar-refractivity contribution in [3.05, 3.63) is 52.8 Å². The number of ether oxygens (including phenoxy) is 4. The molecule has 6 N–H and O–H groups in total. The van der Waals surface area contributed by atoms with Gasteiger partial charge in [0.05, 0.1) is 46.9 Å². The number of hydrogen-bond donors (Lipinski definition) is 6. The Morgan fingerprint density at radius 1 is 1.00 bits per heavy atom. The molecule has 17 heteroatoms. The van der Waals surface area contributed by atoms with Crippen molar-refractivity contribution in [1.82, 2.24) is 9.91 Å². The first-order valence-corrected chi connectivity index (χ1v) is 19.7. The normalized spacial score (nSPS) is 31.8. The fourth-order valence-corrected chi connectivity index (χ4v) is 7.81. The molecule has 2 aromatic rings. The van der Waals surface area contributed by atoms with Crippen molar-refractivity contribution >= 4 is 46.1 Å². The SMILES string of the molecule is CO[C@H]1/C=C/O[C@@]2(C)Oc3c(C)c(O)c4c(O)c(c(/C=N/N5CCN(C)CC5)c(O)c4c3C2=O)NC(=O)/C(C)=C\C=C\C(C)(O)C(=O)[C@@H](C)[C@@H](O)[C@@H](C)[C@H](OC(C)=O)[C@@H]1C. The number of hydrogen-bond acceptors (Lipinski definition) is 16. The second-order valence-electron chi connectivity index (χ2n) is 16.2. The van der Waals surface area contributed by atoms with Gasteiger partial charge in [-0.2, -0.15) is 5.10 Å². The van der Waals surface area contributed by atoms with E-state index in [0.717, 1.165) is 12.3 Å². The maximum absolute atomic E-state index is 14.4. The number of allylic oxidation sites excluding steroid dienone is 2. The molecule has 17 nitrogen and oxygen atoms in total. The Bertz CT molecular complexity index is 2170. The Hall–Kier alpha value is -5.49. The number of likely N-dealkylation sites (N-methyl/N-ethyl adjacent to an activating group) is 1. The van der Waals surface area contributed by atoms with Crippen LogP contribution in [0.1, 0.15) is 70.0 Å². The first kappa shape index (κ1) is 45.6. The molecule has 4 aliphatic heterocycles. The number of aliphatic hydroxyl groups is 2. The third-order valence-corrected chi connectivity index (χ3v) is 11.7. The zero-order valence-electron chi connectivity index (χ0n) is 35.6. The molecule has 4 heterocycles. The maximum atomic E-state index is 14.4. The maximum Gasteiger partial charge on any atom is 0.312 e. The molecule has 0 aliphatic carbocycles. The van der Waals surface area contributed by atoms with Gasteiger partial charge in [0.15, 0.2) is 11.5 Å². The van der Waals surface area contributed by atoms with E-state index in [1.54, 1.807) is 18.9 Å². The van der Waals surface area contributed by atoms with Gasteiger partial charge in [0, 0.05) is 81.4 Å². The Kier molecular flexibility index (Phi) is 13.4. The Morgan fingerprint density at radius 3 is 2.27 bits per heavy atom. The van der Waals surface area contributed by atoms with Crippen LogP contribution < -0.4 is 10.1 Å². The minimum absolute atomic E-state index is 0.0238. The van der Waals surface area contributed by atoms with Crippen LogP contribution in [0.25, 0.3) is 10.8 Å². The molecule has 0 spiro atoms. The molecule has 4 aliphatic rings. The zero-order valence-corrected chi connectivity index (χ0v) is 35.6. The number of carbonyl (C=O) groups excluding carboxylic acids is 4.